The van der Waals surface area contributed by atoms with Crippen LogP contribution in [0.1, 0.15) is 54.2 Å². The summed E-state index contributed by atoms with van der Waals surface area (Å²) in [7, 11) is 0. The van der Waals surface area contributed by atoms with Crippen LogP contribution in [0.15, 0.2) is 42.5 Å². The van der Waals surface area contributed by atoms with Crippen LogP contribution in [0.5, 0.6) is 0 Å². The van der Waals surface area contributed by atoms with Crippen LogP contribution >= 0.6 is 0 Å². The minimum absolute atomic E-state index is 0.0453. The summed E-state index contributed by atoms with van der Waals surface area (Å²) in [6, 6.07) is 12.9. The standard InChI is InChI=1S/C21H23N3O3/c1-13(25)22-17-10-16(11-18(12-17)23-14(2)26)21(27)24-20-9-5-7-15-6-3-4-8-19(15)20/h3-4,6,8,10-12,20H,5,7,9H2,1-2H3,(H,22,25)(H,23,26)(H,24,27). The summed E-state index contributed by atoms with van der Waals surface area (Å²) in [5, 5.41) is 8.41. The van der Waals surface area contributed by atoms with Crippen LogP contribution in [0.3, 0.4) is 0 Å². The monoisotopic (exact) mass is 365 g/mol. The number of anilines is 2. The lowest BCUT2D eigenvalue weighted by atomic mass is 9.87. The van der Waals surface area contributed by atoms with Crippen molar-refractivity contribution in [3.8, 4) is 0 Å². The summed E-state index contributed by atoms with van der Waals surface area (Å²) in [4.78, 5) is 35.6. The van der Waals surface area contributed by atoms with E-state index in [-0.39, 0.29) is 23.8 Å². The predicted octanol–water partition coefficient (Wildman–Crippen LogP) is 3.41. The Labute approximate surface area is 158 Å². The van der Waals surface area contributed by atoms with Crippen LogP contribution in [0.25, 0.3) is 0 Å². The second-order valence-corrected chi connectivity index (χ2v) is 6.78. The Morgan fingerprint density at radius 2 is 1.56 bits per heavy atom. The molecule has 6 heteroatoms. The molecule has 2 aromatic carbocycles. The fourth-order valence-corrected chi connectivity index (χ4v) is 3.45. The van der Waals surface area contributed by atoms with Gasteiger partial charge < -0.3 is 16.0 Å². The minimum Gasteiger partial charge on any atom is -0.345 e. The van der Waals surface area contributed by atoms with Crippen molar-refractivity contribution in [3.63, 3.8) is 0 Å². The van der Waals surface area contributed by atoms with Gasteiger partial charge in [0, 0.05) is 30.8 Å². The normalized spacial score (nSPS) is 15.4. The van der Waals surface area contributed by atoms with E-state index in [0.29, 0.717) is 16.9 Å². The molecule has 0 saturated carbocycles. The first-order valence-electron chi connectivity index (χ1n) is 9.01. The molecule has 0 fully saturated rings. The second kappa shape index (κ2) is 8.03. The van der Waals surface area contributed by atoms with Crippen LogP contribution in [0, 0.1) is 0 Å². The minimum atomic E-state index is -0.248. The first kappa shape index (κ1) is 18.6. The molecule has 0 radical (unpaired) electrons. The highest BCUT2D eigenvalue weighted by Gasteiger charge is 2.22. The van der Waals surface area contributed by atoms with Gasteiger partial charge in [-0.15, -0.1) is 0 Å². The molecule has 27 heavy (non-hydrogen) atoms. The van der Waals surface area contributed by atoms with Gasteiger partial charge in [-0.1, -0.05) is 24.3 Å². The van der Waals surface area contributed by atoms with Crippen molar-refractivity contribution >= 4 is 29.1 Å². The molecule has 3 amide bonds. The molecule has 1 unspecified atom stereocenters. The molecule has 0 saturated heterocycles. The topological polar surface area (TPSA) is 87.3 Å². The molecule has 1 aliphatic carbocycles. The molecule has 0 bridgehead atoms. The first-order chi connectivity index (χ1) is 12.9. The number of aryl methyl sites for hydroxylation is 1. The van der Waals surface area contributed by atoms with Gasteiger partial charge in [-0.3, -0.25) is 14.4 Å². The Morgan fingerprint density at radius 3 is 2.19 bits per heavy atom. The van der Waals surface area contributed by atoms with E-state index in [1.807, 2.05) is 12.1 Å². The van der Waals surface area contributed by atoms with Crippen LogP contribution < -0.4 is 16.0 Å². The average molecular weight is 365 g/mol. The van der Waals surface area contributed by atoms with E-state index in [9.17, 15) is 14.4 Å². The largest absolute Gasteiger partial charge is 0.345 e. The SMILES string of the molecule is CC(=O)Nc1cc(NC(C)=O)cc(C(=O)NC2CCCc3ccccc32)c1. The van der Waals surface area contributed by atoms with Crippen molar-refractivity contribution in [2.45, 2.75) is 39.2 Å². The van der Waals surface area contributed by atoms with E-state index in [4.69, 9.17) is 0 Å². The summed E-state index contributed by atoms with van der Waals surface area (Å²) in [5.74, 6) is -0.736. The van der Waals surface area contributed by atoms with E-state index in [0.717, 1.165) is 24.8 Å². The number of carbonyl (C=O) groups excluding carboxylic acids is 3. The number of hydrogen-bond donors (Lipinski definition) is 3. The number of fused-ring (bicyclic) bond motifs is 1. The van der Waals surface area contributed by atoms with E-state index < -0.39 is 0 Å². The maximum Gasteiger partial charge on any atom is 0.251 e. The average Bonchev–Trinajstić information content (AvgIpc) is 2.60. The Bertz CT molecular complexity index is 858. The third kappa shape index (κ3) is 4.73. The second-order valence-electron chi connectivity index (χ2n) is 6.78. The highest BCUT2D eigenvalue weighted by Crippen LogP contribution is 2.30. The van der Waals surface area contributed by atoms with Crippen LogP contribution in [-0.2, 0) is 16.0 Å². The van der Waals surface area contributed by atoms with Gasteiger partial charge in [0.15, 0.2) is 0 Å². The van der Waals surface area contributed by atoms with Gasteiger partial charge in [0.1, 0.15) is 0 Å². The lowest BCUT2D eigenvalue weighted by Gasteiger charge is -2.26. The molecule has 140 valence electrons. The highest BCUT2D eigenvalue weighted by atomic mass is 16.2. The number of amides is 3. The van der Waals surface area contributed by atoms with E-state index in [2.05, 4.69) is 28.1 Å². The fourth-order valence-electron chi connectivity index (χ4n) is 3.45. The molecule has 1 atom stereocenters. The zero-order valence-electron chi connectivity index (χ0n) is 15.5. The van der Waals surface area contributed by atoms with Crippen molar-refractivity contribution in [2.24, 2.45) is 0 Å². The first-order valence-corrected chi connectivity index (χ1v) is 9.01. The molecule has 2 aromatic rings. The van der Waals surface area contributed by atoms with Crippen LogP contribution in [0.4, 0.5) is 11.4 Å². The molecule has 0 aromatic heterocycles. The molecule has 0 spiro atoms. The summed E-state index contributed by atoms with van der Waals surface area (Å²) in [6.07, 6.45) is 2.92. The molecule has 3 rings (SSSR count). The molecule has 0 aliphatic heterocycles. The Morgan fingerprint density at radius 1 is 0.926 bits per heavy atom. The van der Waals surface area contributed by atoms with E-state index >= 15 is 0 Å². The maximum atomic E-state index is 12.9. The van der Waals surface area contributed by atoms with Gasteiger partial charge >= 0.3 is 0 Å². The third-order valence-electron chi connectivity index (χ3n) is 4.51. The summed E-state index contributed by atoms with van der Waals surface area (Å²) in [6.45, 7) is 2.79. The predicted molar refractivity (Wildman–Crippen MR) is 105 cm³/mol. The van der Waals surface area contributed by atoms with E-state index in [1.54, 1.807) is 18.2 Å². The van der Waals surface area contributed by atoms with Gasteiger partial charge in [0.05, 0.1) is 6.04 Å². The number of carbonyl (C=O) groups is 3. The van der Waals surface area contributed by atoms with Crippen LogP contribution in [0.2, 0.25) is 0 Å². The fraction of sp³-hybridized carbons (Fsp3) is 0.286. The molecule has 1 aliphatic rings. The number of rotatable bonds is 4. The van der Waals surface area contributed by atoms with Crippen molar-refractivity contribution < 1.29 is 14.4 Å². The van der Waals surface area contributed by atoms with Gasteiger partial charge in [0.2, 0.25) is 11.8 Å². The Kier molecular flexibility index (Phi) is 5.54. The van der Waals surface area contributed by atoms with E-state index in [1.165, 1.54) is 19.4 Å². The molecular weight excluding hydrogens is 342 g/mol. The van der Waals surface area contributed by atoms with Gasteiger partial charge in [-0.05, 0) is 48.6 Å². The lowest BCUT2D eigenvalue weighted by Crippen LogP contribution is -2.31. The maximum absolute atomic E-state index is 12.9. The number of nitrogens with one attached hydrogen (secondary N) is 3. The summed E-state index contributed by atoms with van der Waals surface area (Å²) in [5.41, 5.74) is 3.72. The third-order valence-corrected chi connectivity index (χ3v) is 4.51. The Balaban J connectivity index is 1.85. The zero-order chi connectivity index (χ0) is 19.4. The quantitative estimate of drug-likeness (QED) is 0.776. The van der Waals surface area contributed by atoms with Gasteiger partial charge in [0.25, 0.3) is 5.91 Å². The van der Waals surface area contributed by atoms with Crippen molar-refractivity contribution in [1.29, 1.82) is 0 Å². The van der Waals surface area contributed by atoms with Crippen LogP contribution in [-0.4, -0.2) is 17.7 Å². The Hall–Kier alpha value is -3.15. The van der Waals surface area contributed by atoms with Gasteiger partial charge in [-0.25, -0.2) is 0 Å². The highest BCUT2D eigenvalue weighted by molar-refractivity contribution is 6.00. The number of hydrogen-bond acceptors (Lipinski definition) is 3. The zero-order valence-corrected chi connectivity index (χ0v) is 15.5. The molecule has 6 nitrogen and oxygen atoms in total. The molecule has 3 N–H and O–H groups in total. The van der Waals surface area contributed by atoms with Crippen molar-refractivity contribution in [3.05, 3.63) is 59.2 Å². The number of benzene rings is 2. The lowest BCUT2D eigenvalue weighted by molar-refractivity contribution is -0.115. The van der Waals surface area contributed by atoms with Crippen molar-refractivity contribution in [1.82, 2.24) is 5.32 Å². The van der Waals surface area contributed by atoms with Crippen molar-refractivity contribution in [2.75, 3.05) is 10.6 Å². The summed E-state index contributed by atoms with van der Waals surface area (Å²) >= 11 is 0. The molecular formula is C21H23N3O3. The molecule has 0 heterocycles. The summed E-state index contributed by atoms with van der Waals surface area (Å²) < 4.78 is 0. The van der Waals surface area contributed by atoms with Gasteiger partial charge in [-0.2, -0.15) is 0 Å². The smallest absolute Gasteiger partial charge is 0.251 e.